The summed E-state index contributed by atoms with van der Waals surface area (Å²) in [5, 5.41) is 0.392. The van der Waals surface area contributed by atoms with Gasteiger partial charge in [0, 0.05) is 0 Å². The van der Waals surface area contributed by atoms with Gasteiger partial charge in [0.1, 0.15) is 0 Å². The van der Waals surface area contributed by atoms with E-state index in [9.17, 15) is 0 Å². The fourth-order valence-corrected chi connectivity index (χ4v) is 2.45. The van der Waals surface area contributed by atoms with Crippen LogP contribution in [0, 0.1) is 11.8 Å². The Morgan fingerprint density at radius 2 is 1.44 bits per heavy atom. The number of hydrogen-bond acceptors (Lipinski definition) is 0. The first-order chi connectivity index (χ1) is 4.29. The monoisotopic (exact) mass is 162 g/mol. The number of rotatable bonds is 0. The molecule has 2 rings (SSSR count). The molecule has 0 aromatic rings. The zero-order valence-electron chi connectivity index (χ0n) is 4.93. The van der Waals surface area contributed by atoms with Crippen LogP contribution in [-0.4, -0.2) is 10.8 Å². The molecule has 0 heterocycles. The van der Waals surface area contributed by atoms with Crippen molar-refractivity contribution in [1.29, 1.82) is 0 Å². The Hall–Kier alpha value is 0.320. The summed E-state index contributed by atoms with van der Waals surface area (Å²) >= 11 is 12.0. The fraction of sp³-hybridized carbons (Fsp3) is 0.714. The SMILES string of the molecule is Cl[C@@H]1[C@@H](Cl)[C@H]2C=C[C@H]1C2. The van der Waals surface area contributed by atoms with Crippen molar-refractivity contribution in [3.05, 3.63) is 12.2 Å². The zero-order chi connectivity index (χ0) is 6.43. The fourth-order valence-electron chi connectivity index (χ4n) is 1.70. The molecule has 2 bridgehead atoms. The molecule has 0 aliphatic heterocycles. The summed E-state index contributed by atoms with van der Waals surface area (Å²) < 4.78 is 0. The molecule has 0 amide bonds. The summed E-state index contributed by atoms with van der Waals surface area (Å²) in [7, 11) is 0. The van der Waals surface area contributed by atoms with Gasteiger partial charge in [-0.3, -0.25) is 0 Å². The Balaban J connectivity index is 2.26. The zero-order valence-corrected chi connectivity index (χ0v) is 6.44. The molecule has 0 aromatic carbocycles. The van der Waals surface area contributed by atoms with Crippen molar-refractivity contribution in [2.75, 3.05) is 0 Å². The molecule has 2 heteroatoms. The van der Waals surface area contributed by atoms with Gasteiger partial charge in [-0.1, -0.05) is 12.2 Å². The minimum atomic E-state index is 0.196. The molecule has 0 aromatic heterocycles. The maximum atomic E-state index is 5.98. The van der Waals surface area contributed by atoms with Crippen LogP contribution in [0.1, 0.15) is 6.42 Å². The van der Waals surface area contributed by atoms with Crippen LogP contribution in [0.4, 0.5) is 0 Å². The van der Waals surface area contributed by atoms with Gasteiger partial charge >= 0.3 is 0 Å². The van der Waals surface area contributed by atoms with Crippen molar-refractivity contribution in [3.63, 3.8) is 0 Å². The molecule has 2 aliphatic carbocycles. The second-order valence-corrected chi connectivity index (χ2v) is 3.85. The van der Waals surface area contributed by atoms with E-state index in [-0.39, 0.29) is 10.8 Å². The van der Waals surface area contributed by atoms with E-state index in [1.54, 1.807) is 0 Å². The van der Waals surface area contributed by atoms with Crippen LogP contribution < -0.4 is 0 Å². The summed E-state index contributed by atoms with van der Waals surface area (Å²) in [5.41, 5.74) is 0. The van der Waals surface area contributed by atoms with Gasteiger partial charge in [0.15, 0.2) is 0 Å². The van der Waals surface area contributed by atoms with E-state index in [0.717, 1.165) is 0 Å². The van der Waals surface area contributed by atoms with E-state index in [2.05, 4.69) is 12.2 Å². The highest BCUT2D eigenvalue weighted by Gasteiger charge is 2.42. The van der Waals surface area contributed by atoms with Crippen LogP contribution in [0.3, 0.4) is 0 Å². The maximum Gasteiger partial charge on any atom is 0.0568 e. The van der Waals surface area contributed by atoms with Crippen molar-refractivity contribution >= 4 is 23.2 Å². The molecule has 0 nitrogen and oxygen atoms in total. The van der Waals surface area contributed by atoms with Crippen LogP contribution in [0.15, 0.2) is 12.2 Å². The third-order valence-corrected chi connectivity index (χ3v) is 3.59. The average molecular weight is 163 g/mol. The molecule has 1 saturated carbocycles. The summed E-state index contributed by atoms with van der Waals surface area (Å²) in [5.74, 6) is 1.14. The largest absolute Gasteiger partial charge is 0.121 e. The summed E-state index contributed by atoms with van der Waals surface area (Å²) in [6.07, 6.45) is 5.57. The molecule has 1 fully saturated rings. The molecule has 4 atom stereocenters. The topological polar surface area (TPSA) is 0 Å². The molecular weight excluding hydrogens is 155 g/mol. The maximum absolute atomic E-state index is 5.98. The lowest BCUT2D eigenvalue weighted by molar-refractivity contribution is 0.694. The van der Waals surface area contributed by atoms with Crippen LogP contribution in [0.2, 0.25) is 0 Å². The Labute approximate surface area is 64.8 Å². The van der Waals surface area contributed by atoms with Gasteiger partial charge < -0.3 is 0 Å². The third-order valence-electron chi connectivity index (χ3n) is 2.27. The van der Waals surface area contributed by atoms with Crippen LogP contribution >= 0.6 is 23.2 Å². The Bertz CT molecular complexity index is 137. The van der Waals surface area contributed by atoms with Gasteiger partial charge in [0.2, 0.25) is 0 Å². The minimum Gasteiger partial charge on any atom is -0.121 e. The van der Waals surface area contributed by atoms with E-state index < -0.39 is 0 Å². The number of halogens is 2. The standard InChI is InChI=1S/C7H8Cl2/c8-6-4-1-2-5(3-4)7(6)9/h1-2,4-7H,3H2/t4-,5-,6-,7-/m0/s1. The summed E-state index contributed by atoms with van der Waals surface area (Å²) in [4.78, 5) is 0. The molecule has 9 heavy (non-hydrogen) atoms. The van der Waals surface area contributed by atoms with Crippen molar-refractivity contribution < 1.29 is 0 Å². The first-order valence-corrected chi connectivity index (χ1v) is 4.13. The van der Waals surface area contributed by atoms with Gasteiger partial charge in [0.25, 0.3) is 0 Å². The van der Waals surface area contributed by atoms with Crippen LogP contribution in [-0.2, 0) is 0 Å². The number of fused-ring (bicyclic) bond motifs is 2. The second kappa shape index (κ2) is 1.90. The van der Waals surface area contributed by atoms with Crippen molar-refractivity contribution in [1.82, 2.24) is 0 Å². The molecular formula is C7H8Cl2. The minimum absolute atomic E-state index is 0.196. The van der Waals surface area contributed by atoms with Gasteiger partial charge in [-0.2, -0.15) is 0 Å². The second-order valence-electron chi connectivity index (χ2n) is 2.84. The number of hydrogen-bond donors (Lipinski definition) is 0. The average Bonchev–Trinajstić information content (AvgIpc) is 2.37. The number of allylic oxidation sites excluding steroid dienone is 2. The lowest BCUT2D eigenvalue weighted by Crippen LogP contribution is -2.19. The third kappa shape index (κ3) is 0.731. The summed E-state index contributed by atoms with van der Waals surface area (Å²) in [6, 6.07) is 0. The summed E-state index contributed by atoms with van der Waals surface area (Å²) in [6.45, 7) is 0. The Morgan fingerprint density at radius 1 is 1.00 bits per heavy atom. The van der Waals surface area contributed by atoms with Crippen molar-refractivity contribution in [3.8, 4) is 0 Å². The highest BCUT2D eigenvalue weighted by Crippen LogP contribution is 2.44. The Kier molecular flexibility index (Phi) is 1.28. The Morgan fingerprint density at radius 3 is 1.67 bits per heavy atom. The molecule has 0 spiro atoms. The molecule has 0 saturated heterocycles. The van der Waals surface area contributed by atoms with E-state index in [4.69, 9.17) is 23.2 Å². The van der Waals surface area contributed by atoms with Crippen molar-refractivity contribution in [2.45, 2.75) is 17.2 Å². The van der Waals surface area contributed by atoms with Crippen molar-refractivity contribution in [2.24, 2.45) is 11.8 Å². The lowest BCUT2D eigenvalue weighted by atomic mass is 10.1. The lowest BCUT2D eigenvalue weighted by Gasteiger charge is -2.15. The molecule has 0 radical (unpaired) electrons. The predicted molar refractivity (Wildman–Crippen MR) is 40.0 cm³/mol. The van der Waals surface area contributed by atoms with Crippen LogP contribution in [0.25, 0.3) is 0 Å². The predicted octanol–water partition coefficient (Wildman–Crippen LogP) is 2.41. The van der Waals surface area contributed by atoms with Gasteiger partial charge in [-0.25, -0.2) is 0 Å². The molecule has 2 aliphatic rings. The quantitative estimate of drug-likeness (QED) is 0.380. The molecule has 0 N–H and O–H groups in total. The van der Waals surface area contributed by atoms with Crippen LogP contribution in [0.5, 0.6) is 0 Å². The highest BCUT2D eigenvalue weighted by atomic mass is 35.5. The molecule has 0 unspecified atom stereocenters. The van der Waals surface area contributed by atoms with E-state index in [0.29, 0.717) is 11.8 Å². The van der Waals surface area contributed by atoms with E-state index in [1.165, 1.54) is 6.42 Å². The van der Waals surface area contributed by atoms with E-state index in [1.807, 2.05) is 0 Å². The smallest absolute Gasteiger partial charge is 0.0568 e. The van der Waals surface area contributed by atoms with Gasteiger partial charge in [-0.15, -0.1) is 23.2 Å². The molecule has 50 valence electrons. The highest BCUT2D eigenvalue weighted by molar-refractivity contribution is 6.31. The van der Waals surface area contributed by atoms with E-state index >= 15 is 0 Å². The first kappa shape index (κ1) is 6.06. The normalized spacial score (nSPS) is 54.9. The first-order valence-electron chi connectivity index (χ1n) is 3.25. The van der Waals surface area contributed by atoms with Gasteiger partial charge in [0.05, 0.1) is 10.8 Å². The number of alkyl halides is 2. The van der Waals surface area contributed by atoms with Gasteiger partial charge in [-0.05, 0) is 18.3 Å².